The van der Waals surface area contributed by atoms with Crippen LogP contribution >= 0.6 is 0 Å². The molecule has 6 nitrogen and oxygen atoms in total. The molecule has 1 saturated heterocycles. The molecule has 0 aromatic heterocycles. The molecule has 2 aliphatic rings. The fraction of sp³-hybridized carbons (Fsp3) is 0.467. The second-order valence-electron chi connectivity index (χ2n) is 5.47. The molecule has 2 heterocycles. The van der Waals surface area contributed by atoms with Crippen molar-refractivity contribution in [2.75, 3.05) is 19.7 Å². The summed E-state index contributed by atoms with van der Waals surface area (Å²) in [5.41, 5.74) is 0.970. The number of nitrogens with one attached hydrogen (secondary N) is 1. The van der Waals surface area contributed by atoms with Crippen molar-refractivity contribution in [1.82, 2.24) is 10.2 Å². The van der Waals surface area contributed by atoms with Gasteiger partial charge in [-0.05, 0) is 18.9 Å². The van der Waals surface area contributed by atoms with E-state index in [-0.39, 0.29) is 18.6 Å². The molecular formula is C15H18N2O4. The first-order valence-corrected chi connectivity index (χ1v) is 7.15. The smallest absolute Gasteiger partial charge is 0.318 e. The summed E-state index contributed by atoms with van der Waals surface area (Å²) in [6.45, 7) is 1.29. The number of piperidine rings is 1. The number of nitrogens with zero attached hydrogens (tertiary/aromatic N) is 1. The standard InChI is InChI=1S/C15H18N2O4/c18-14(19)10-4-3-7-17(8-10)15(20)16-12-9-21-13-6-2-1-5-11(12)13/h1-2,5-6,10,12H,3-4,7-9H2,(H,16,20)(H,18,19). The number of urea groups is 1. The van der Waals surface area contributed by atoms with Crippen molar-refractivity contribution in [2.24, 2.45) is 5.92 Å². The Morgan fingerprint density at radius 1 is 1.33 bits per heavy atom. The SMILES string of the molecule is O=C(O)C1CCCN(C(=O)NC2COc3ccccc32)C1. The van der Waals surface area contributed by atoms with Crippen LogP contribution in [0.1, 0.15) is 24.4 Å². The highest BCUT2D eigenvalue weighted by Crippen LogP contribution is 2.31. The van der Waals surface area contributed by atoms with Crippen LogP contribution < -0.4 is 10.1 Å². The monoisotopic (exact) mass is 290 g/mol. The Balaban J connectivity index is 1.63. The van der Waals surface area contributed by atoms with E-state index < -0.39 is 11.9 Å². The van der Waals surface area contributed by atoms with Gasteiger partial charge in [0.15, 0.2) is 0 Å². The third kappa shape index (κ3) is 2.79. The summed E-state index contributed by atoms with van der Waals surface area (Å²) in [7, 11) is 0. The van der Waals surface area contributed by atoms with Crippen LogP contribution in [0.5, 0.6) is 5.75 Å². The zero-order chi connectivity index (χ0) is 14.8. The molecule has 21 heavy (non-hydrogen) atoms. The Morgan fingerprint density at radius 3 is 2.95 bits per heavy atom. The molecule has 3 rings (SSSR count). The lowest BCUT2D eigenvalue weighted by atomic mass is 9.98. The Hall–Kier alpha value is -2.24. The van der Waals surface area contributed by atoms with Crippen molar-refractivity contribution < 1.29 is 19.4 Å². The number of hydrogen-bond donors (Lipinski definition) is 2. The Labute approximate surface area is 122 Å². The van der Waals surface area contributed by atoms with Crippen LogP contribution in [-0.4, -0.2) is 41.7 Å². The van der Waals surface area contributed by atoms with Crippen LogP contribution in [0.4, 0.5) is 4.79 Å². The van der Waals surface area contributed by atoms with Crippen LogP contribution in [0.3, 0.4) is 0 Å². The number of benzene rings is 1. The predicted molar refractivity (Wildman–Crippen MR) is 75.1 cm³/mol. The van der Waals surface area contributed by atoms with Gasteiger partial charge in [-0.2, -0.15) is 0 Å². The molecule has 112 valence electrons. The fourth-order valence-corrected chi connectivity index (χ4v) is 2.89. The van der Waals surface area contributed by atoms with Gasteiger partial charge in [0.25, 0.3) is 0 Å². The average Bonchev–Trinajstić information content (AvgIpc) is 2.91. The van der Waals surface area contributed by atoms with Gasteiger partial charge in [-0.25, -0.2) is 4.79 Å². The molecule has 2 N–H and O–H groups in total. The van der Waals surface area contributed by atoms with Gasteiger partial charge in [0.1, 0.15) is 12.4 Å². The lowest BCUT2D eigenvalue weighted by molar-refractivity contribution is -0.143. The van der Waals surface area contributed by atoms with Crippen molar-refractivity contribution in [3.05, 3.63) is 29.8 Å². The zero-order valence-electron chi connectivity index (χ0n) is 11.6. The van der Waals surface area contributed by atoms with Crippen molar-refractivity contribution in [3.8, 4) is 5.75 Å². The van der Waals surface area contributed by atoms with Gasteiger partial charge >= 0.3 is 12.0 Å². The minimum atomic E-state index is -0.831. The van der Waals surface area contributed by atoms with E-state index in [1.807, 2.05) is 24.3 Å². The molecule has 1 aromatic carbocycles. The van der Waals surface area contributed by atoms with Gasteiger partial charge in [0.05, 0.1) is 12.0 Å². The number of carbonyl (C=O) groups excluding carboxylic acids is 1. The molecule has 2 atom stereocenters. The number of carboxylic acids is 1. The van der Waals surface area contributed by atoms with E-state index in [0.717, 1.165) is 17.7 Å². The number of hydrogen-bond acceptors (Lipinski definition) is 3. The van der Waals surface area contributed by atoms with Crippen LogP contribution in [0.25, 0.3) is 0 Å². The molecule has 0 aliphatic carbocycles. The number of carbonyl (C=O) groups is 2. The molecule has 2 amide bonds. The largest absolute Gasteiger partial charge is 0.491 e. The maximum Gasteiger partial charge on any atom is 0.318 e. The summed E-state index contributed by atoms with van der Waals surface area (Å²) >= 11 is 0. The highest BCUT2D eigenvalue weighted by Gasteiger charge is 2.31. The van der Waals surface area contributed by atoms with E-state index in [0.29, 0.717) is 19.6 Å². The molecule has 1 aromatic rings. The van der Waals surface area contributed by atoms with E-state index in [1.54, 1.807) is 4.90 Å². The first-order valence-electron chi connectivity index (χ1n) is 7.15. The van der Waals surface area contributed by atoms with Gasteiger partial charge < -0.3 is 20.1 Å². The summed E-state index contributed by atoms with van der Waals surface area (Å²) in [4.78, 5) is 24.9. The highest BCUT2D eigenvalue weighted by atomic mass is 16.5. The lowest BCUT2D eigenvalue weighted by Crippen LogP contribution is -2.48. The van der Waals surface area contributed by atoms with Gasteiger partial charge in [0, 0.05) is 18.7 Å². The van der Waals surface area contributed by atoms with Crippen LogP contribution in [0.2, 0.25) is 0 Å². The van der Waals surface area contributed by atoms with E-state index in [9.17, 15) is 9.59 Å². The number of fused-ring (bicyclic) bond motifs is 1. The summed E-state index contributed by atoms with van der Waals surface area (Å²) < 4.78 is 5.53. The van der Waals surface area contributed by atoms with Gasteiger partial charge in [-0.1, -0.05) is 18.2 Å². The average molecular weight is 290 g/mol. The van der Waals surface area contributed by atoms with E-state index in [1.165, 1.54) is 0 Å². The van der Waals surface area contributed by atoms with Gasteiger partial charge in [0.2, 0.25) is 0 Å². The van der Waals surface area contributed by atoms with Gasteiger partial charge in [-0.3, -0.25) is 4.79 Å². The number of ether oxygens (including phenoxy) is 1. The number of amides is 2. The quantitative estimate of drug-likeness (QED) is 0.867. The Kier molecular flexibility index (Phi) is 3.68. The minimum absolute atomic E-state index is 0.168. The number of para-hydroxylation sites is 1. The van der Waals surface area contributed by atoms with Crippen LogP contribution in [0, 0.1) is 5.92 Å². The molecule has 2 unspecified atom stereocenters. The second kappa shape index (κ2) is 5.63. The molecule has 0 saturated carbocycles. The van der Waals surface area contributed by atoms with Crippen molar-refractivity contribution in [1.29, 1.82) is 0 Å². The molecule has 2 aliphatic heterocycles. The number of aliphatic carboxylic acids is 1. The maximum atomic E-state index is 12.3. The highest BCUT2D eigenvalue weighted by molar-refractivity contribution is 5.77. The van der Waals surface area contributed by atoms with Gasteiger partial charge in [-0.15, -0.1) is 0 Å². The summed E-state index contributed by atoms with van der Waals surface area (Å²) in [5.74, 6) is -0.497. The third-order valence-electron chi connectivity index (χ3n) is 4.06. The third-order valence-corrected chi connectivity index (χ3v) is 4.06. The van der Waals surface area contributed by atoms with E-state index >= 15 is 0 Å². The lowest BCUT2D eigenvalue weighted by Gasteiger charge is -2.31. The van der Waals surface area contributed by atoms with Crippen LogP contribution in [-0.2, 0) is 4.79 Å². The summed E-state index contributed by atoms with van der Waals surface area (Å²) in [6.07, 6.45) is 1.36. The maximum absolute atomic E-state index is 12.3. The summed E-state index contributed by atoms with van der Waals surface area (Å²) in [5, 5.41) is 12.0. The summed E-state index contributed by atoms with van der Waals surface area (Å²) in [6, 6.07) is 7.23. The van der Waals surface area contributed by atoms with Crippen molar-refractivity contribution >= 4 is 12.0 Å². The van der Waals surface area contributed by atoms with E-state index in [4.69, 9.17) is 9.84 Å². The number of carboxylic acid groups (broad SMARTS) is 1. The molecular weight excluding hydrogens is 272 g/mol. The topological polar surface area (TPSA) is 78.9 Å². The molecule has 0 radical (unpaired) electrons. The first kappa shape index (κ1) is 13.7. The second-order valence-corrected chi connectivity index (χ2v) is 5.47. The minimum Gasteiger partial charge on any atom is -0.491 e. The first-order chi connectivity index (χ1) is 10.1. The van der Waals surface area contributed by atoms with Crippen LogP contribution in [0.15, 0.2) is 24.3 Å². The van der Waals surface area contributed by atoms with E-state index in [2.05, 4.69) is 5.32 Å². The Morgan fingerprint density at radius 2 is 2.14 bits per heavy atom. The Bertz CT molecular complexity index is 560. The number of rotatable bonds is 2. The zero-order valence-corrected chi connectivity index (χ0v) is 11.6. The molecule has 0 bridgehead atoms. The molecule has 0 spiro atoms. The fourth-order valence-electron chi connectivity index (χ4n) is 2.89. The number of likely N-dealkylation sites (tertiary alicyclic amines) is 1. The molecule has 6 heteroatoms. The predicted octanol–water partition coefficient (Wildman–Crippen LogP) is 1.63. The normalized spacial score (nSPS) is 24.1. The van der Waals surface area contributed by atoms with Crippen molar-refractivity contribution in [3.63, 3.8) is 0 Å². The van der Waals surface area contributed by atoms with Crippen molar-refractivity contribution in [2.45, 2.75) is 18.9 Å². The molecule has 1 fully saturated rings.